The van der Waals surface area contributed by atoms with Gasteiger partial charge in [0.05, 0.1) is 17.3 Å². The molecule has 1 aliphatic heterocycles. The smallest absolute Gasteiger partial charge is 0.241 e. The Morgan fingerprint density at radius 3 is 2.82 bits per heavy atom. The molecule has 17 heavy (non-hydrogen) atoms. The van der Waals surface area contributed by atoms with Gasteiger partial charge in [0.25, 0.3) is 0 Å². The second-order valence-electron chi connectivity index (χ2n) is 4.07. The van der Waals surface area contributed by atoms with Crippen molar-refractivity contribution in [2.75, 3.05) is 25.0 Å². The fourth-order valence-corrected chi connectivity index (χ4v) is 2.07. The lowest BCUT2D eigenvalue weighted by Crippen LogP contribution is -2.33. The van der Waals surface area contributed by atoms with Crippen LogP contribution in [0.15, 0.2) is 18.2 Å². The fourth-order valence-electron chi connectivity index (χ4n) is 1.88. The molecule has 0 unspecified atom stereocenters. The van der Waals surface area contributed by atoms with Gasteiger partial charge in [-0.2, -0.15) is 0 Å². The molecule has 92 valence electrons. The number of likely N-dealkylation sites (tertiary alicyclic amines) is 1. The van der Waals surface area contributed by atoms with Crippen LogP contribution < -0.4 is 5.32 Å². The van der Waals surface area contributed by atoms with E-state index in [1.807, 2.05) is 0 Å². The minimum atomic E-state index is -0.370. The molecule has 0 aromatic heterocycles. The quantitative estimate of drug-likeness (QED) is 0.901. The van der Waals surface area contributed by atoms with E-state index in [-0.39, 0.29) is 18.3 Å². The van der Waals surface area contributed by atoms with E-state index in [9.17, 15) is 9.18 Å². The van der Waals surface area contributed by atoms with Gasteiger partial charge in [0.1, 0.15) is 5.82 Å². The lowest BCUT2D eigenvalue weighted by molar-refractivity contribution is -0.128. The molecule has 1 fully saturated rings. The van der Waals surface area contributed by atoms with Gasteiger partial charge in [-0.3, -0.25) is 4.79 Å². The van der Waals surface area contributed by atoms with Gasteiger partial charge in [0.15, 0.2) is 0 Å². The molecule has 1 N–H and O–H groups in total. The van der Waals surface area contributed by atoms with E-state index in [0.717, 1.165) is 25.9 Å². The maximum absolute atomic E-state index is 13.0. The first-order valence-corrected chi connectivity index (χ1v) is 6.01. The highest BCUT2D eigenvalue weighted by Gasteiger charge is 2.17. The highest BCUT2D eigenvalue weighted by atomic mass is 35.5. The Hall–Kier alpha value is -1.29. The SMILES string of the molecule is O=C(CNc1cc(F)ccc1Cl)N1CCCC1. The second-order valence-corrected chi connectivity index (χ2v) is 4.47. The number of halogens is 2. The molecular formula is C12H14ClFN2O. The van der Waals surface area contributed by atoms with Crippen molar-refractivity contribution in [3.8, 4) is 0 Å². The largest absolute Gasteiger partial charge is 0.375 e. The number of nitrogens with zero attached hydrogens (tertiary/aromatic N) is 1. The predicted octanol–water partition coefficient (Wildman–Crippen LogP) is 2.51. The molecule has 1 saturated heterocycles. The topological polar surface area (TPSA) is 32.3 Å². The van der Waals surface area contributed by atoms with Gasteiger partial charge in [0.2, 0.25) is 5.91 Å². The number of rotatable bonds is 3. The molecule has 1 aliphatic rings. The third-order valence-corrected chi connectivity index (χ3v) is 3.15. The zero-order chi connectivity index (χ0) is 12.3. The normalized spacial score (nSPS) is 15.1. The summed E-state index contributed by atoms with van der Waals surface area (Å²) in [6.45, 7) is 1.79. The van der Waals surface area contributed by atoms with E-state index in [1.165, 1.54) is 18.2 Å². The minimum Gasteiger partial charge on any atom is -0.375 e. The van der Waals surface area contributed by atoms with Gasteiger partial charge >= 0.3 is 0 Å². The van der Waals surface area contributed by atoms with Crippen LogP contribution in [-0.2, 0) is 4.79 Å². The van der Waals surface area contributed by atoms with Crippen molar-refractivity contribution >= 4 is 23.2 Å². The number of hydrogen-bond donors (Lipinski definition) is 1. The molecule has 2 rings (SSSR count). The predicted molar refractivity (Wildman–Crippen MR) is 65.7 cm³/mol. The molecule has 1 aromatic carbocycles. The van der Waals surface area contributed by atoms with Crippen LogP contribution in [0.25, 0.3) is 0 Å². The number of benzene rings is 1. The standard InChI is InChI=1S/C12H14ClFN2O/c13-10-4-3-9(14)7-11(10)15-8-12(17)16-5-1-2-6-16/h3-4,7,15H,1-2,5-6,8H2. The zero-order valence-electron chi connectivity index (χ0n) is 9.38. The van der Waals surface area contributed by atoms with Crippen molar-refractivity contribution in [2.24, 2.45) is 0 Å². The van der Waals surface area contributed by atoms with Crippen molar-refractivity contribution in [3.05, 3.63) is 29.0 Å². The van der Waals surface area contributed by atoms with Crippen molar-refractivity contribution < 1.29 is 9.18 Å². The second kappa shape index (κ2) is 5.36. The summed E-state index contributed by atoms with van der Waals surface area (Å²) in [7, 11) is 0. The molecule has 0 aliphatic carbocycles. The third-order valence-electron chi connectivity index (χ3n) is 2.82. The lowest BCUT2D eigenvalue weighted by atomic mass is 10.3. The Labute approximate surface area is 105 Å². The lowest BCUT2D eigenvalue weighted by Gasteiger charge is -2.16. The summed E-state index contributed by atoms with van der Waals surface area (Å²) in [6.07, 6.45) is 2.12. The summed E-state index contributed by atoms with van der Waals surface area (Å²) in [4.78, 5) is 13.5. The highest BCUT2D eigenvalue weighted by Crippen LogP contribution is 2.22. The van der Waals surface area contributed by atoms with Gasteiger partial charge in [-0.25, -0.2) is 4.39 Å². The van der Waals surface area contributed by atoms with Crippen molar-refractivity contribution in [2.45, 2.75) is 12.8 Å². The number of carbonyl (C=O) groups is 1. The number of anilines is 1. The van der Waals surface area contributed by atoms with Crippen LogP contribution in [-0.4, -0.2) is 30.4 Å². The van der Waals surface area contributed by atoms with Gasteiger partial charge in [-0.1, -0.05) is 11.6 Å². The number of nitrogens with one attached hydrogen (secondary N) is 1. The van der Waals surface area contributed by atoms with Crippen LogP contribution in [0, 0.1) is 5.82 Å². The van der Waals surface area contributed by atoms with Crippen LogP contribution >= 0.6 is 11.6 Å². The first-order valence-electron chi connectivity index (χ1n) is 5.63. The molecular weight excluding hydrogens is 243 g/mol. The summed E-state index contributed by atoms with van der Waals surface area (Å²) in [5, 5.41) is 3.28. The van der Waals surface area contributed by atoms with Crippen LogP contribution in [0.2, 0.25) is 5.02 Å². The highest BCUT2D eigenvalue weighted by molar-refractivity contribution is 6.33. The molecule has 1 heterocycles. The summed E-state index contributed by atoms with van der Waals surface area (Å²) >= 11 is 5.89. The first-order chi connectivity index (χ1) is 8.16. The van der Waals surface area contributed by atoms with E-state index < -0.39 is 0 Å². The number of carbonyl (C=O) groups excluding carboxylic acids is 1. The van der Waals surface area contributed by atoms with Gasteiger partial charge in [-0.15, -0.1) is 0 Å². The van der Waals surface area contributed by atoms with E-state index in [2.05, 4.69) is 5.32 Å². The summed E-state index contributed by atoms with van der Waals surface area (Å²) in [5.41, 5.74) is 0.458. The van der Waals surface area contributed by atoms with Crippen molar-refractivity contribution in [1.82, 2.24) is 4.90 Å². The van der Waals surface area contributed by atoms with Gasteiger partial charge in [-0.05, 0) is 31.0 Å². The monoisotopic (exact) mass is 256 g/mol. The maximum atomic E-state index is 13.0. The first kappa shape index (κ1) is 12.2. The van der Waals surface area contributed by atoms with E-state index in [4.69, 9.17) is 11.6 Å². The van der Waals surface area contributed by atoms with Crippen LogP contribution in [0.5, 0.6) is 0 Å². The van der Waals surface area contributed by atoms with E-state index in [1.54, 1.807) is 4.90 Å². The molecule has 0 saturated carbocycles. The molecule has 3 nitrogen and oxygen atoms in total. The summed E-state index contributed by atoms with van der Waals surface area (Å²) in [6, 6.07) is 4.05. The Morgan fingerprint density at radius 2 is 2.12 bits per heavy atom. The Morgan fingerprint density at radius 1 is 1.41 bits per heavy atom. The molecule has 1 amide bonds. The van der Waals surface area contributed by atoms with Gasteiger partial charge < -0.3 is 10.2 Å². The van der Waals surface area contributed by atoms with Crippen LogP contribution in [0.3, 0.4) is 0 Å². The Kier molecular flexibility index (Phi) is 3.84. The molecule has 0 atom stereocenters. The average Bonchev–Trinajstić information content (AvgIpc) is 2.83. The van der Waals surface area contributed by atoms with Crippen LogP contribution in [0.1, 0.15) is 12.8 Å². The molecule has 0 spiro atoms. The fraction of sp³-hybridized carbons (Fsp3) is 0.417. The number of hydrogen-bond acceptors (Lipinski definition) is 2. The molecule has 0 radical (unpaired) electrons. The third kappa shape index (κ3) is 3.09. The van der Waals surface area contributed by atoms with Crippen molar-refractivity contribution in [3.63, 3.8) is 0 Å². The molecule has 1 aromatic rings. The summed E-state index contributed by atoms with van der Waals surface area (Å²) in [5.74, 6) is -0.339. The molecule has 0 bridgehead atoms. The van der Waals surface area contributed by atoms with Crippen LogP contribution in [0.4, 0.5) is 10.1 Å². The number of amides is 1. The summed E-state index contributed by atoms with van der Waals surface area (Å²) < 4.78 is 13.0. The van der Waals surface area contributed by atoms with E-state index in [0.29, 0.717) is 10.7 Å². The van der Waals surface area contributed by atoms with E-state index >= 15 is 0 Å². The van der Waals surface area contributed by atoms with Gasteiger partial charge in [0, 0.05) is 13.1 Å². The Balaban J connectivity index is 1.92. The Bertz CT molecular complexity index is 419. The maximum Gasteiger partial charge on any atom is 0.241 e. The molecule has 5 heteroatoms. The average molecular weight is 257 g/mol. The minimum absolute atomic E-state index is 0.0304. The van der Waals surface area contributed by atoms with Crippen molar-refractivity contribution in [1.29, 1.82) is 0 Å². The zero-order valence-corrected chi connectivity index (χ0v) is 10.1.